The summed E-state index contributed by atoms with van der Waals surface area (Å²) in [6.07, 6.45) is 0. The van der Waals surface area contributed by atoms with Gasteiger partial charge >= 0.3 is 0 Å². The van der Waals surface area contributed by atoms with Crippen molar-refractivity contribution >= 4 is 23.2 Å². The Bertz CT molecular complexity index is 679. The Balaban J connectivity index is 1.92. The van der Waals surface area contributed by atoms with Crippen LogP contribution in [0.15, 0.2) is 67.0 Å². The zero-order valence-corrected chi connectivity index (χ0v) is 12.2. The number of carbonyl (C=O) groups excluding carboxylic acids is 2. The third kappa shape index (κ3) is 4.49. The van der Waals surface area contributed by atoms with Crippen molar-refractivity contribution in [3.63, 3.8) is 0 Å². The topological polar surface area (TPSA) is 70.2 Å². The fraction of sp³-hybridized carbons (Fsp3) is 0.0588. The summed E-state index contributed by atoms with van der Waals surface area (Å²) in [6.45, 7) is 5.22. The fourth-order valence-electron chi connectivity index (χ4n) is 1.84. The Hall–Kier alpha value is -3.08. The van der Waals surface area contributed by atoms with Crippen LogP contribution in [0.1, 0.15) is 17.3 Å². The first-order chi connectivity index (χ1) is 10.5. The molecule has 22 heavy (non-hydrogen) atoms. The lowest BCUT2D eigenvalue weighted by atomic mass is 10.2. The highest BCUT2D eigenvalue weighted by atomic mass is 16.2. The molecule has 0 aliphatic rings. The van der Waals surface area contributed by atoms with Gasteiger partial charge in [0.25, 0.3) is 5.91 Å². The number of rotatable bonds is 5. The van der Waals surface area contributed by atoms with Crippen LogP contribution in [0.3, 0.4) is 0 Å². The second-order valence-electron chi connectivity index (χ2n) is 4.68. The smallest absolute Gasteiger partial charge is 0.256 e. The minimum atomic E-state index is -0.229. The molecule has 2 amide bonds. The third-order valence-electron chi connectivity index (χ3n) is 2.80. The van der Waals surface area contributed by atoms with Crippen LogP contribution in [-0.4, -0.2) is 11.8 Å². The summed E-state index contributed by atoms with van der Waals surface area (Å²) in [5.41, 5.74) is 2.02. The first kappa shape index (κ1) is 15.3. The fourth-order valence-corrected chi connectivity index (χ4v) is 1.84. The Kier molecular flexibility index (Phi) is 4.93. The van der Waals surface area contributed by atoms with E-state index in [0.717, 1.165) is 5.69 Å². The molecule has 2 rings (SSSR count). The number of benzene rings is 2. The maximum absolute atomic E-state index is 12.0. The van der Waals surface area contributed by atoms with E-state index in [1.807, 2.05) is 6.07 Å². The summed E-state index contributed by atoms with van der Waals surface area (Å²) in [4.78, 5) is 22.9. The van der Waals surface area contributed by atoms with Gasteiger partial charge < -0.3 is 16.0 Å². The summed E-state index contributed by atoms with van der Waals surface area (Å²) in [7, 11) is 0. The Morgan fingerprint density at radius 3 is 1.95 bits per heavy atom. The monoisotopic (exact) mass is 295 g/mol. The molecule has 0 radical (unpaired) electrons. The van der Waals surface area contributed by atoms with Crippen molar-refractivity contribution in [2.75, 3.05) is 10.6 Å². The molecule has 0 saturated carbocycles. The third-order valence-corrected chi connectivity index (χ3v) is 2.80. The average molecular weight is 295 g/mol. The van der Waals surface area contributed by atoms with Crippen molar-refractivity contribution in [1.82, 2.24) is 5.32 Å². The van der Waals surface area contributed by atoms with Crippen LogP contribution in [-0.2, 0) is 4.79 Å². The quantitative estimate of drug-likeness (QED) is 0.794. The Labute approximate surface area is 129 Å². The van der Waals surface area contributed by atoms with Gasteiger partial charge in [-0.2, -0.15) is 0 Å². The van der Waals surface area contributed by atoms with Gasteiger partial charge in [0.05, 0.1) is 0 Å². The van der Waals surface area contributed by atoms with Crippen molar-refractivity contribution in [3.8, 4) is 0 Å². The van der Waals surface area contributed by atoms with E-state index < -0.39 is 0 Å². The number of nitrogens with one attached hydrogen (secondary N) is 3. The SMILES string of the molecule is C=C(NC(=O)c1ccccc1)Nc1ccc(NC(C)=O)cc1. The molecule has 112 valence electrons. The molecule has 0 saturated heterocycles. The molecular weight excluding hydrogens is 278 g/mol. The molecule has 0 unspecified atom stereocenters. The minimum absolute atomic E-state index is 0.125. The molecular formula is C17H17N3O2. The van der Waals surface area contributed by atoms with Crippen LogP contribution in [0.5, 0.6) is 0 Å². The van der Waals surface area contributed by atoms with E-state index in [1.54, 1.807) is 48.5 Å². The summed E-state index contributed by atoms with van der Waals surface area (Å²) in [5.74, 6) is 0.0225. The molecule has 2 aromatic carbocycles. The average Bonchev–Trinajstić information content (AvgIpc) is 2.49. The number of hydrogen-bond donors (Lipinski definition) is 3. The molecule has 2 aromatic rings. The lowest BCUT2D eigenvalue weighted by Crippen LogP contribution is -2.26. The van der Waals surface area contributed by atoms with E-state index in [0.29, 0.717) is 17.1 Å². The van der Waals surface area contributed by atoms with Crippen molar-refractivity contribution in [2.24, 2.45) is 0 Å². The van der Waals surface area contributed by atoms with Crippen LogP contribution in [0.25, 0.3) is 0 Å². The summed E-state index contributed by atoms with van der Waals surface area (Å²) in [6, 6.07) is 16.0. The van der Waals surface area contributed by atoms with Crippen LogP contribution < -0.4 is 16.0 Å². The number of carbonyl (C=O) groups is 2. The first-order valence-electron chi connectivity index (χ1n) is 6.74. The van der Waals surface area contributed by atoms with Crippen molar-refractivity contribution in [2.45, 2.75) is 6.92 Å². The van der Waals surface area contributed by atoms with E-state index >= 15 is 0 Å². The zero-order chi connectivity index (χ0) is 15.9. The molecule has 5 heteroatoms. The van der Waals surface area contributed by atoms with E-state index in [2.05, 4.69) is 22.5 Å². The lowest BCUT2D eigenvalue weighted by Gasteiger charge is -2.12. The second-order valence-corrected chi connectivity index (χ2v) is 4.68. The normalized spacial score (nSPS) is 9.68. The summed E-state index contributed by atoms with van der Waals surface area (Å²) in [5, 5.41) is 8.34. The molecule has 0 spiro atoms. The van der Waals surface area contributed by atoms with Gasteiger partial charge in [0.1, 0.15) is 5.82 Å². The highest BCUT2D eigenvalue weighted by Crippen LogP contribution is 2.14. The van der Waals surface area contributed by atoms with Crippen molar-refractivity contribution in [3.05, 3.63) is 72.6 Å². The Morgan fingerprint density at radius 2 is 1.41 bits per heavy atom. The molecule has 0 heterocycles. The van der Waals surface area contributed by atoms with Gasteiger partial charge in [0.15, 0.2) is 0 Å². The van der Waals surface area contributed by atoms with Gasteiger partial charge in [-0.15, -0.1) is 0 Å². The summed E-state index contributed by atoms with van der Waals surface area (Å²) < 4.78 is 0. The highest BCUT2D eigenvalue weighted by molar-refractivity contribution is 5.95. The summed E-state index contributed by atoms with van der Waals surface area (Å²) >= 11 is 0. The molecule has 0 bridgehead atoms. The lowest BCUT2D eigenvalue weighted by molar-refractivity contribution is -0.114. The number of anilines is 2. The van der Waals surface area contributed by atoms with Crippen molar-refractivity contribution < 1.29 is 9.59 Å². The van der Waals surface area contributed by atoms with Gasteiger partial charge in [0, 0.05) is 23.9 Å². The highest BCUT2D eigenvalue weighted by Gasteiger charge is 2.05. The maximum atomic E-state index is 12.0. The maximum Gasteiger partial charge on any atom is 0.256 e. The molecule has 0 atom stereocenters. The molecule has 3 N–H and O–H groups in total. The standard InChI is InChI=1S/C17H17N3O2/c1-12(19-17(22)14-6-4-3-5-7-14)18-15-8-10-16(11-9-15)20-13(2)21/h3-11,18H,1H2,2H3,(H,19,22)(H,20,21). The van der Waals surface area contributed by atoms with E-state index in [9.17, 15) is 9.59 Å². The van der Waals surface area contributed by atoms with Gasteiger partial charge in [0.2, 0.25) is 5.91 Å². The zero-order valence-electron chi connectivity index (χ0n) is 12.2. The Morgan fingerprint density at radius 1 is 0.864 bits per heavy atom. The van der Waals surface area contributed by atoms with E-state index in [-0.39, 0.29) is 11.8 Å². The molecule has 0 fully saturated rings. The second kappa shape index (κ2) is 7.08. The van der Waals surface area contributed by atoms with Gasteiger partial charge in [-0.3, -0.25) is 9.59 Å². The van der Waals surface area contributed by atoms with Gasteiger partial charge in [-0.05, 0) is 36.4 Å². The molecule has 5 nitrogen and oxygen atoms in total. The van der Waals surface area contributed by atoms with Crippen LogP contribution in [0, 0.1) is 0 Å². The van der Waals surface area contributed by atoms with Gasteiger partial charge in [-0.25, -0.2) is 0 Å². The van der Waals surface area contributed by atoms with Gasteiger partial charge in [-0.1, -0.05) is 24.8 Å². The van der Waals surface area contributed by atoms with Crippen LogP contribution in [0.4, 0.5) is 11.4 Å². The first-order valence-corrected chi connectivity index (χ1v) is 6.74. The minimum Gasteiger partial charge on any atom is -0.342 e. The van der Waals surface area contributed by atoms with E-state index in [4.69, 9.17) is 0 Å². The van der Waals surface area contributed by atoms with Crippen LogP contribution in [0.2, 0.25) is 0 Å². The van der Waals surface area contributed by atoms with E-state index in [1.165, 1.54) is 6.92 Å². The number of amides is 2. The number of hydrogen-bond acceptors (Lipinski definition) is 3. The molecule has 0 aliphatic heterocycles. The largest absolute Gasteiger partial charge is 0.342 e. The van der Waals surface area contributed by atoms with Crippen molar-refractivity contribution in [1.29, 1.82) is 0 Å². The van der Waals surface area contributed by atoms with Crippen LogP contribution >= 0.6 is 0 Å². The molecule has 0 aliphatic carbocycles. The molecule has 0 aromatic heterocycles. The predicted molar refractivity (Wildman–Crippen MR) is 87.4 cm³/mol. The predicted octanol–water partition coefficient (Wildman–Crippen LogP) is 2.96.